The van der Waals surface area contributed by atoms with E-state index in [9.17, 15) is 14.9 Å². The Hall–Kier alpha value is -3.30. The topological polar surface area (TPSA) is 128 Å². The van der Waals surface area contributed by atoms with Crippen LogP contribution in [0.2, 0.25) is 0 Å². The van der Waals surface area contributed by atoms with E-state index in [1.165, 1.54) is 0 Å². The SMILES string of the molecule is C=C(Cn1nnc([N+](=O)[O-])n1)NNC(=O)c1ccc(C)cc1. The van der Waals surface area contributed by atoms with Crippen LogP contribution in [0.15, 0.2) is 36.5 Å². The van der Waals surface area contributed by atoms with Crippen molar-refractivity contribution in [2.45, 2.75) is 13.5 Å². The van der Waals surface area contributed by atoms with E-state index in [-0.39, 0.29) is 12.5 Å². The summed E-state index contributed by atoms with van der Waals surface area (Å²) in [6.45, 7) is 5.61. The second-order valence-corrected chi connectivity index (χ2v) is 4.43. The van der Waals surface area contributed by atoms with E-state index >= 15 is 0 Å². The van der Waals surface area contributed by atoms with Crippen molar-refractivity contribution < 1.29 is 9.72 Å². The van der Waals surface area contributed by atoms with Gasteiger partial charge >= 0.3 is 5.95 Å². The van der Waals surface area contributed by atoms with Crippen LogP contribution in [-0.2, 0) is 6.54 Å². The number of hydrazine groups is 1. The number of allylic oxidation sites excluding steroid dienone is 1. The standard InChI is InChI=1S/C12H13N7O3/c1-8-3-5-10(6-4-8)11(20)14-13-9(2)7-18-16-12(15-17-18)19(21)22/h3-6,13H,2,7H2,1H3,(H,14,20). The van der Waals surface area contributed by atoms with Crippen LogP contribution in [0, 0.1) is 17.0 Å². The van der Waals surface area contributed by atoms with Gasteiger partial charge in [-0.2, -0.15) is 0 Å². The number of carbonyl (C=O) groups excluding carboxylic acids is 1. The summed E-state index contributed by atoms with van der Waals surface area (Å²) in [6.07, 6.45) is 0. The molecule has 0 aliphatic rings. The molecule has 10 nitrogen and oxygen atoms in total. The Morgan fingerprint density at radius 2 is 2.05 bits per heavy atom. The summed E-state index contributed by atoms with van der Waals surface area (Å²) in [5.74, 6) is -0.935. The minimum Gasteiger partial charge on any atom is -0.390 e. The Kier molecular flexibility index (Phi) is 4.41. The van der Waals surface area contributed by atoms with Crippen LogP contribution in [0.3, 0.4) is 0 Å². The lowest BCUT2D eigenvalue weighted by molar-refractivity contribution is -0.394. The van der Waals surface area contributed by atoms with Crippen molar-refractivity contribution in [1.29, 1.82) is 0 Å². The lowest BCUT2D eigenvalue weighted by atomic mass is 10.1. The van der Waals surface area contributed by atoms with Crippen molar-refractivity contribution in [3.05, 3.63) is 57.8 Å². The van der Waals surface area contributed by atoms with Gasteiger partial charge in [-0.3, -0.25) is 10.2 Å². The van der Waals surface area contributed by atoms with Crippen molar-refractivity contribution in [2.75, 3.05) is 0 Å². The molecule has 1 aromatic heterocycles. The number of hydrogen-bond donors (Lipinski definition) is 2. The maximum Gasteiger partial charge on any atom is 0.514 e. The molecule has 1 heterocycles. The summed E-state index contributed by atoms with van der Waals surface area (Å²) < 4.78 is 0. The molecular formula is C12H13N7O3. The van der Waals surface area contributed by atoms with E-state index in [0.717, 1.165) is 10.4 Å². The van der Waals surface area contributed by atoms with E-state index < -0.39 is 10.9 Å². The Labute approximate surface area is 124 Å². The maximum absolute atomic E-state index is 11.9. The molecule has 0 saturated heterocycles. The monoisotopic (exact) mass is 303 g/mol. The molecule has 0 spiro atoms. The van der Waals surface area contributed by atoms with Gasteiger partial charge in [-0.05, 0) is 24.0 Å². The molecule has 0 unspecified atom stereocenters. The van der Waals surface area contributed by atoms with E-state index in [1.807, 2.05) is 19.1 Å². The van der Waals surface area contributed by atoms with Crippen LogP contribution in [0.5, 0.6) is 0 Å². The molecule has 0 saturated carbocycles. The Morgan fingerprint density at radius 3 is 2.64 bits per heavy atom. The molecule has 2 N–H and O–H groups in total. The third-order valence-electron chi connectivity index (χ3n) is 2.60. The Balaban J connectivity index is 1.85. The van der Waals surface area contributed by atoms with Crippen LogP contribution in [0.25, 0.3) is 0 Å². The molecule has 2 aromatic rings. The van der Waals surface area contributed by atoms with Crippen LogP contribution in [-0.4, -0.2) is 31.0 Å². The molecule has 0 aliphatic heterocycles. The lowest BCUT2D eigenvalue weighted by Crippen LogP contribution is -2.37. The van der Waals surface area contributed by atoms with Gasteiger partial charge in [0.15, 0.2) is 0 Å². The van der Waals surface area contributed by atoms with Gasteiger partial charge in [-0.25, -0.2) is 0 Å². The third-order valence-corrected chi connectivity index (χ3v) is 2.60. The molecule has 0 atom stereocenters. The van der Waals surface area contributed by atoms with E-state index in [0.29, 0.717) is 11.3 Å². The molecule has 10 heteroatoms. The van der Waals surface area contributed by atoms with Gasteiger partial charge in [0.2, 0.25) is 0 Å². The van der Waals surface area contributed by atoms with Gasteiger partial charge in [0.1, 0.15) is 6.54 Å². The molecule has 1 amide bonds. The van der Waals surface area contributed by atoms with Crippen molar-refractivity contribution in [3.63, 3.8) is 0 Å². The number of amides is 1. The van der Waals surface area contributed by atoms with Gasteiger partial charge in [0, 0.05) is 16.5 Å². The molecule has 0 bridgehead atoms. The first-order valence-corrected chi connectivity index (χ1v) is 6.18. The number of nitrogens with one attached hydrogen (secondary N) is 2. The summed E-state index contributed by atoms with van der Waals surface area (Å²) >= 11 is 0. The second kappa shape index (κ2) is 6.43. The largest absolute Gasteiger partial charge is 0.514 e. The van der Waals surface area contributed by atoms with Crippen molar-refractivity contribution in [1.82, 2.24) is 31.1 Å². The average Bonchev–Trinajstić information content (AvgIpc) is 2.94. The van der Waals surface area contributed by atoms with E-state index in [4.69, 9.17) is 0 Å². The molecule has 0 aliphatic carbocycles. The van der Waals surface area contributed by atoms with Gasteiger partial charge in [-0.1, -0.05) is 29.1 Å². The lowest BCUT2D eigenvalue weighted by Gasteiger charge is -2.09. The number of hydrogen-bond acceptors (Lipinski definition) is 7. The highest BCUT2D eigenvalue weighted by molar-refractivity contribution is 5.93. The minimum atomic E-state index is -0.751. The third kappa shape index (κ3) is 3.85. The Morgan fingerprint density at radius 1 is 1.36 bits per heavy atom. The molecule has 0 radical (unpaired) electrons. The number of tetrazole rings is 1. The predicted octanol–water partition coefficient (Wildman–Crippen LogP) is 0.338. The van der Waals surface area contributed by atoms with E-state index in [1.54, 1.807) is 12.1 Å². The zero-order valence-corrected chi connectivity index (χ0v) is 11.7. The number of nitro groups is 1. The van der Waals surface area contributed by atoms with Crippen molar-refractivity contribution in [3.8, 4) is 0 Å². The normalized spacial score (nSPS) is 10.0. The molecule has 2 rings (SSSR count). The fourth-order valence-electron chi connectivity index (χ4n) is 1.51. The molecule has 0 fully saturated rings. The summed E-state index contributed by atoms with van der Waals surface area (Å²) in [5.41, 5.74) is 6.92. The van der Waals surface area contributed by atoms with Crippen molar-refractivity contribution in [2.24, 2.45) is 0 Å². The minimum absolute atomic E-state index is 0.0228. The molecular weight excluding hydrogens is 290 g/mol. The zero-order valence-electron chi connectivity index (χ0n) is 11.7. The van der Waals surface area contributed by atoms with Gasteiger partial charge in [0.05, 0.1) is 10.2 Å². The quantitative estimate of drug-likeness (QED) is 0.581. The van der Waals surface area contributed by atoms with Crippen LogP contribution < -0.4 is 10.9 Å². The summed E-state index contributed by atoms with van der Waals surface area (Å²) in [4.78, 5) is 22.5. The number of aryl methyl sites for hydroxylation is 1. The number of carbonyl (C=O) groups is 1. The first-order chi connectivity index (χ1) is 10.5. The summed E-state index contributed by atoms with van der Waals surface area (Å²) in [5, 5.41) is 20.7. The highest BCUT2D eigenvalue weighted by atomic mass is 16.6. The zero-order chi connectivity index (χ0) is 16.1. The number of rotatable bonds is 6. The van der Waals surface area contributed by atoms with Gasteiger partial charge in [0.25, 0.3) is 5.91 Å². The second-order valence-electron chi connectivity index (χ2n) is 4.43. The van der Waals surface area contributed by atoms with Crippen LogP contribution >= 0.6 is 0 Å². The number of nitrogens with zero attached hydrogens (tertiary/aromatic N) is 5. The maximum atomic E-state index is 11.9. The highest BCUT2D eigenvalue weighted by Gasteiger charge is 2.15. The number of benzene rings is 1. The first kappa shape index (κ1) is 15.1. The molecule has 1 aromatic carbocycles. The van der Waals surface area contributed by atoms with Gasteiger partial charge in [-0.15, -0.1) is 0 Å². The predicted molar refractivity (Wildman–Crippen MR) is 75.4 cm³/mol. The van der Waals surface area contributed by atoms with Crippen molar-refractivity contribution >= 4 is 11.9 Å². The summed E-state index contributed by atoms with van der Waals surface area (Å²) in [6, 6.07) is 7.03. The molecule has 22 heavy (non-hydrogen) atoms. The van der Waals surface area contributed by atoms with Crippen LogP contribution in [0.1, 0.15) is 15.9 Å². The fraction of sp³-hybridized carbons (Fsp3) is 0.167. The summed E-state index contributed by atoms with van der Waals surface area (Å²) in [7, 11) is 0. The van der Waals surface area contributed by atoms with E-state index in [2.05, 4.69) is 32.8 Å². The average molecular weight is 303 g/mol. The Bertz CT molecular complexity index is 708. The first-order valence-electron chi connectivity index (χ1n) is 6.18. The van der Waals surface area contributed by atoms with Crippen LogP contribution in [0.4, 0.5) is 5.95 Å². The van der Waals surface area contributed by atoms with Gasteiger partial charge < -0.3 is 15.5 Å². The number of aromatic nitrogens is 4. The molecule has 114 valence electrons. The highest BCUT2D eigenvalue weighted by Crippen LogP contribution is 2.02. The smallest absolute Gasteiger partial charge is 0.390 e. The fourth-order valence-corrected chi connectivity index (χ4v) is 1.51.